The summed E-state index contributed by atoms with van der Waals surface area (Å²) in [7, 11) is 0. The van der Waals surface area contributed by atoms with E-state index >= 15 is 0 Å². The van der Waals surface area contributed by atoms with Crippen LogP contribution in [0.25, 0.3) is 0 Å². The molecule has 0 bridgehead atoms. The van der Waals surface area contributed by atoms with Gasteiger partial charge in [-0.1, -0.05) is 57.2 Å². The standard InChI is InChI=1S/C19H27N3O2/c1-4-6-12-19(13-7-5-2)16(23)21-18(22-17(19)24)20-15-10-8-14(3)9-11-15/h8-11H,4-7,12-13H2,1-3H3,(H2,20,21,22,23,24). The molecular formula is C19H27N3O2. The van der Waals surface area contributed by atoms with Gasteiger partial charge in [0.1, 0.15) is 5.41 Å². The summed E-state index contributed by atoms with van der Waals surface area (Å²) in [6, 6.07) is 7.60. The van der Waals surface area contributed by atoms with Crippen LogP contribution in [0.5, 0.6) is 0 Å². The molecule has 1 aliphatic heterocycles. The Morgan fingerprint density at radius 1 is 0.917 bits per heavy atom. The summed E-state index contributed by atoms with van der Waals surface area (Å²) in [6.07, 6.45) is 4.79. The monoisotopic (exact) mass is 329 g/mol. The Morgan fingerprint density at radius 2 is 1.42 bits per heavy atom. The van der Waals surface area contributed by atoms with Gasteiger partial charge in [-0.05, 0) is 31.9 Å². The fourth-order valence-electron chi connectivity index (χ4n) is 2.93. The third-order valence-electron chi connectivity index (χ3n) is 4.52. The van der Waals surface area contributed by atoms with Crippen molar-refractivity contribution in [1.29, 1.82) is 0 Å². The number of carbonyl (C=O) groups is 2. The van der Waals surface area contributed by atoms with Gasteiger partial charge in [0.05, 0.1) is 5.69 Å². The first-order valence-corrected chi connectivity index (χ1v) is 8.80. The molecule has 5 heteroatoms. The van der Waals surface area contributed by atoms with Crippen molar-refractivity contribution in [2.75, 3.05) is 0 Å². The molecule has 2 N–H and O–H groups in total. The molecule has 0 spiro atoms. The van der Waals surface area contributed by atoms with Crippen LogP contribution in [0, 0.1) is 12.3 Å². The fraction of sp³-hybridized carbons (Fsp3) is 0.526. The number of amides is 2. The van der Waals surface area contributed by atoms with Crippen LogP contribution in [-0.2, 0) is 9.59 Å². The molecule has 2 amide bonds. The lowest BCUT2D eigenvalue weighted by molar-refractivity contribution is -0.145. The van der Waals surface area contributed by atoms with Gasteiger partial charge >= 0.3 is 0 Å². The van der Waals surface area contributed by atoms with Gasteiger partial charge in [-0.2, -0.15) is 0 Å². The van der Waals surface area contributed by atoms with Crippen LogP contribution in [0.2, 0.25) is 0 Å². The van der Waals surface area contributed by atoms with E-state index in [1.54, 1.807) is 0 Å². The number of unbranched alkanes of at least 4 members (excludes halogenated alkanes) is 2. The number of aryl methyl sites for hydroxylation is 1. The number of nitrogens with one attached hydrogen (secondary N) is 2. The first-order chi connectivity index (χ1) is 11.5. The topological polar surface area (TPSA) is 70.6 Å². The molecule has 2 rings (SSSR count). The summed E-state index contributed by atoms with van der Waals surface area (Å²) in [5.41, 5.74) is 0.873. The highest BCUT2D eigenvalue weighted by Crippen LogP contribution is 2.33. The Kier molecular flexibility index (Phi) is 6.12. The van der Waals surface area contributed by atoms with Gasteiger partial charge in [0, 0.05) is 0 Å². The second-order valence-corrected chi connectivity index (χ2v) is 6.49. The van der Waals surface area contributed by atoms with E-state index in [9.17, 15) is 9.59 Å². The molecule has 0 radical (unpaired) electrons. The Morgan fingerprint density at radius 3 is 1.88 bits per heavy atom. The van der Waals surface area contributed by atoms with Crippen LogP contribution in [-0.4, -0.2) is 17.8 Å². The van der Waals surface area contributed by atoms with Gasteiger partial charge in [-0.15, -0.1) is 0 Å². The Hall–Kier alpha value is -2.17. The van der Waals surface area contributed by atoms with Crippen molar-refractivity contribution in [3.05, 3.63) is 29.8 Å². The molecule has 1 saturated heterocycles. The molecule has 1 heterocycles. The number of benzene rings is 1. The van der Waals surface area contributed by atoms with Gasteiger partial charge in [0.15, 0.2) is 0 Å². The van der Waals surface area contributed by atoms with Crippen LogP contribution in [0.15, 0.2) is 29.3 Å². The summed E-state index contributed by atoms with van der Waals surface area (Å²) >= 11 is 0. The average molecular weight is 329 g/mol. The maximum Gasteiger partial charge on any atom is 0.242 e. The molecule has 0 aliphatic carbocycles. The summed E-state index contributed by atoms with van der Waals surface area (Å²) < 4.78 is 0. The van der Waals surface area contributed by atoms with Crippen LogP contribution < -0.4 is 10.6 Å². The van der Waals surface area contributed by atoms with E-state index in [0.717, 1.165) is 31.2 Å². The van der Waals surface area contributed by atoms with E-state index in [1.807, 2.05) is 31.2 Å². The SMILES string of the molecule is CCCCC1(CCCC)C(=O)NC(=Nc2ccc(C)cc2)NC1=O. The quantitative estimate of drug-likeness (QED) is 0.750. The van der Waals surface area contributed by atoms with Crippen molar-refractivity contribution in [3.63, 3.8) is 0 Å². The molecule has 1 aromatic carbocycles. The largest absolute Gasteiger partial charge is 0.295 e. The summed E-state index contributed by atoms with van der Waals surface area (Å²) in [4.78, 5) is 29.8. The summed E-state index contributed by atoms with van der Waals surface area (Å²) in [5, 5.41) is 5.60. The first-order valence-electron chi connectivity index (χ1n) is 8.80. The lowest BCUT2D eigenvalue weighted by Crippen LogP contribution is -2.62. The molecule has 130 valence electrons. The second kappa shape index (κ2) is 8.08. The minimum absolute atomic E-state index is 0.220. The Labute approximate surface area is 143 Å². The van der Waals surface area contributed by atoms with E-state index in [0.29, 0.717) is 18.5 Å². The van der Waals surface area contributed by atoms with Gasteiger partial charge in [0.25, 0.3) is 0 Å². The van der Waals surface area contributed by atoms with Crippen molar-refractivity contribution in [2.45, 2.75) is 59.3 Å². The van der Waals surface area contributed by atoms with E-state index in [1.165, 1.54) is 0 Å². The van der Waals surface area contributed by atoms with E-state index < -0.39 is 5.41 Å². The van der Waals surface area contributed by atoms with Crippen molar-refractivity contribution in [2.24, 2.45) is 10.4 Å². The van der Waals surface area contributed by atoms with Crippen LogP contribution in [0.1, 0.15) is 57.9 Å². The van der Waals surface area contributed by atoms with Crippen LogP contribution >= 0.6 is 0 Å². The highest BCUT2D eigenvalue weighted by molar-refractivity contribution is 6.20. The predicted molar refractivity (Wildman–Crippen MR) is 96.0 cm³/mol. The van der Waals surface area contributed by atoms with Crippen molar-refractivity contribution in [1.82, 2.24) is 10.6 Å². The zero-order chi connectivity index (χ0) is 17.6. The third-order valence-corrected chi connectivity index (χ3v) is 4.52. The number of rotatable bonds is 7. The number of carbonyl (C=O) groups excluding carboxylic acids is 2. The molecule has 1 aromatic rings. The normalized spacial score (nSPS) is 16.5. The molecule has 0 saturated carbocycles. The highest BCUT2D eigenvalue weighted by atomic mass is 16.2. The number of nitrogens with zero attached hydrogens (tertiary/aromatic N) is 1. The van der Waals surface area contributed by atoms with E-state index in [2.05, 4.69) is 29.5 Å². The molecule has 24 heavy (non-hydrogen) atoms. The zero-order valence-electron chi connectivity index (χ0n) is 14.8. The minimum atomic E-state index is -0.960. The fourth-order valence-corrected chi connectivity index (χ4v) is 2.93. The van der Waals surface area contributed by atoms with Crippen LogP contribution in [0.4, 0.5) is 5.69 Å². The lowest BCUT2D eigenvalue weighted by atomic mass is 9.75. The molecule has 0 unspecified atom stereocenters. The number of hydrogen-bond acceptors (Lipinski definition) is 3. The number of hydrogen-bond donors (Lipinski definition) is 2. The smallest absolute Gasteiger partial charge is 0.242 e. The average Bonchev–Trinajstić information content (AvgIpc) is 2.56. The molecule has 0 atom stereocenters. The molecule has 1 fully saturated rings. The van der Waals surface area contributed by atoms with Gasteiger partial charge in [-0.25, -0.2) is 4.99 Å². The zero-order valence-corrected chi connectivity index (χ0v) is 14.8. The molecule has 0 aromatic heterocycles. The van der Waals surface area contributed by atoms with Crippen molar-refractivity contribution in [3.8, 4) is 0 Å². The van der Waals surface area contributed by atoms with E-state index in [4.69, 9.17) is 0 Å². The number of aliphatic imine (C=N–C) groups is 1. The summed E-state index contributed by atoms with van der Waals surface area (Å²) in [6.45, 7) is 6.13. The first kappa shape index (κ1) is 18.2. The lowest BCUT2D eigenvalue weighted by Gasteiger charge is -2.35. The molecule has 5 nitrogen and oxygen atoms in total. The highest BCUT2D eigenvalue weighted by Gasteiger charge is 2.48. The second-order valence-electron chi connectivity index (χ2n) is 6.49. The van der Waals surface area contributed by atoms with Gasteiger partial charge in [-0.3, -0.25) is 20.2 Å². The molecular weight excluding hydrogens is 302 g/mol. The van der Waals surface area contributed by atoms with E-state index in [-0.39, 0.29) is 17.8 Å². The summed E-state index contributed by atoms with van der Waals surface area (Å²) in [5.74, 6) is -0.226. The molecule has 1 aliphatic rings. The maximum absolute atomic E-state index is 12.7. The van der Waals surface area contributed by atoms with Crippen molar-refractivity contribution >= 4 is 23.5 Å². The van der Waals surface area contributed by atoms with Gasteiger partial charge in [0.2, 0.25) is 17.8 Å². The Balaban J connectivity index is 2.21. The van der Waals surface area contributed by atoms with Crippen molar-refractivity contribution < 1.29 is 9.59 Å². The number of guanidine groups is 1. The van der Waals surface area contributed by atoms with Gasteiger partial charge < -0.3 is 0 Å². The predicted octanol–water partition coefficient (Wildman–Crippen LogP) is 3.60. The maximum atomic E-state index is 12.7. The Bertz CT molecular complexity index is 590. The minimum Gasteiger partial charge on any atom is -0.295 e. The van der Waals surface area contributed by atoms with Crippen LogP contribution in [0.3, 0.4) is 0 Å². The third kappa shape index (κ3) is 4.02.